The number of hydrogen-bond acceptors (Lipinski definition) is 1. The molecule has 64 valence electrons. The Labute approximate surface area is 68.7 Å². The van der Waals surface area contributed by atoms with E-state index in [1.807, 2.05) is 0 Å². The Bertz CT molecular complexity index is 144. The van der Waals surface area contributed by atoms with Crippen molar-refractivity contribution in [3.05, 3.63) is 11.6 Å². The maximum absolute atomic E-state index is 10.5. The first-order valence-electron chi connectivity index (χ1n) is 4.13. The average molecular weight is 155 g/mol. The summed E-state index contributed by atoms with van der Waals surface area (Å²) < 4.78 is 0. The second-order valence-corrected chi connectivity index (χ2v) is 2.51. The molecular weight excluding hydrogens is 138 g/mol. The van der Waals surface area contributed by atoms with Crippen LogP contribution in [-0.4, -0.2) is 12.5 Å². The van der Waals surface area contributed by atoms with Crippen molar-refractivity contribution in [2.45, 2.75) is 33.6 Å². The molecule has 0 unspecified atom stereocenters. The fourth-order valence-corrected chi connectivity index (χ4v) is 0.878. The Kier molecular flexibility index (Phi) is 5.53. The molecule has 0 radical (unpaired) electrons. The van der Waals surface area contributed by atoms with Crippen LogP contribution in [-0.2, 0) is 4.79 Å². The molecule has 0 atom stereocenters. The lowest BCUT2D eigenvalue weighted by molar-refractivity contribution is -0.118. The molecule has 0 rings (SSSR count). The lowest BCUT2D eigenvalue weighted by atomic mass is 10.1. The van der Waals surface area contributed by atoms with Crippen molar-refractivity contribution < 1.29 is 4.79 Å². The Hall–Kier alpha value is -0.790. The normalized spacial score (nSPS) is 9.00. The predicted molar refractivity (Wildman–Crippen MR) is 47.3 cm³/mol. The summed E-state index contributed by atoms with van der Waals surface area (Å²) >= 11 is 0. The number of hydrogen-bond donors (Lipinski definition) is 1. The minimum Gasteiger partial charge on any atom is -0.353 e. The highest BCUT2D eigenvalue weighted by Crippen LogP contribution is 2.03. The van der Waals surface area contributed by atoms with E-state index in [9.17, 15) is 4.79 Å². The van der Waals surface area contributed by atoms with Crippen molar-refractivity contribution in [3.63, 3.8) is 0 Å². The van der Waals surface area contributed by atoms with Gasteiger partial charge >= 0.3 is 0 Å². The van der Waals surface area contributed by atoms with E-state index in [2.05, 4.69) is 25.2 Å². The zero-order chi connectivity index (χ0) is 8.69. The van der Waals surface area contributed by atoms with Crippen molar-refractivity contribution in [2.75, 3.05) is 6.54 Å². The lowest BCUT2D eigenvalue weighted by Gasteiger charge is -2.00. The zero-order valence-corrected chi connectivity index (χ0v) is 7.61. The van der Waals surface area contributed by atoms with E-state index in [4.69, 9.17) is 0 Å². The summed E-state index contributed by atoms with van der Waals surface area (Å²) in [7, 11) is 0. The fraction of sp³-hybridized carbons (Fsp3) is 0.667. The standard InChI is InChI=1S/C9H17NO/c1-4-9(5-2)6-7-10-8(3)11/h6H,4-5,7H2,1-3H3,(H,10,11). The topological polar surface area (TPSA) is 29.1 Å². The van der Waals surface area contributed by atoms with E-state index in [0.29, 0.717) is 6.54 Å². The molecule has 0 heterocycles. The van der Waals surface area contributed by atoms with Gasteiger partial charge in [-0.05, 0) is 12.8 Å². The largest absolute Gasteiger partial charge is 0.353 e. The van der Waals surface area contributed by atoms with Crippen molar-refractivity contribution in [1.29, 1.82) is 0 Å². The molecule has 0 fully saturated rings. The smallest absolute Gasteiger partial charge is 0.217 e. The third kappa shape index (κ3) is 5.64. The molecule has 1 N–H and O–H groups in total. The van der Waals surface area contributed by atoms with Crippen LogP contribution in [0.5, 0.6) is 0 Å². The van der Waals surface area contributed by atoms with Crippen molar-refractivity contribution in [2.24, 2.45) is 0 Å². The predicted octanol–water partition coefficient (Wildman–Crippen LogP) is 1.87. The minimum atomic E-state index is 0.0350. The van der Waals surface area contributed by atoms with Gasteiger partial charge in [-0.2, -0.15) is 0 Å². The molecule has 0 aromatic carbocycles. The second-order valence-electron chi connectivity index (χ2n) is 2.51. The van der Waals surface area contributed by atoms with Gasteiger partial charge in [0.05, 0.1) is 0 Å². The van der Waals surface area contributed by atoms with Crippen LogP contribution in [0, 0.1) is 0 Å². The van der Waals surface area contributed by atoms with E-state index in [-0.39, 0.29) is 5.91 Å². The quantitative estimate of drug-likeness (QED) is 0.617. The van der Waals surface area contributed by atoms with Crippen LogP contribution in [0.1, 0.15) is 33.6 Å². The molecule has 2 heteroatoms. The molecule has 0 saturated carbocycles. The third-order valence-electron chi connectivity index (χ3n) is 1.65. The highest BCUT2D eigenvalue weighted by molar-refractivity contribution is 5.72. The fourth-order valence-electron chi connectivity index (χ4n) is 0.878. The second kappa shape index (κ2) is 5.96. The van der Waals surface area contributed by atoms with Crippen LogP contribution in [0.3, 0.4) is 0 Å². The number of carbonyl (C=O) groups excluding carboxylic acids is 1. The summed E-state index contributed by atoms with van der Waals surface area (Å²) in [4.78, 5) is 10.5. The number of carbonyl (C=O) groups is 1. The maximum atomic E-state index is 10.5. The number of nitrogens with one attached hydrogen (secondary N) is 1. The summed E-state index contributed by atoms with van der Waals surface area (Å²) in [6.45, 7) is 6.46. The van der Waals surface area contributed by atoms with Crippen molar-refractivity contribution in [1.82, 2.24) is 5.32 Å². The van der Waals surface area contributed by atoms with Crippen LogP contribution in [0.4, 0.5) is 0 Å². The Morgan fingerprint density at radius 3 is 2.27 bits per heavy atom. The maximum Gasteiger partial charge on any atom is 0.217 e. The first-order valence-corrected chi connectivity index (χ1v) is 4.13. The monoisotopic (exact) mass is 155 g/mol. The van der Waals surface area contributed by atoms with Crippen LogP contribution in [0.15, 0.2) is 11.6 Å². The summed E-state index contributed by atoms with van der Waals surface area (Å²) in [5.41, 5.74) is 1.40. The van der Waals surface area contributed by atoms with E-state index >= 15 is 0 Å². The van der Waals surface area contributed by atoms with Gasteiger partial charge < -0.3 is 5.32 Å². The summed E-state index contributed by atoms with van der Waals surface area (Å²) in [6, 6.07) is 0. The molecule has 11 heavy (non-hydrogen) atoms. The third-order valence-corrected chi connectivity index (χ3v) is 1.65. The van der Waals surface area contributed by atoms with Crippen LogP contribution in [0.25, 0.3) is 0 Å². The van der Waals surface area contributed by atoms with Gasteiger partial charge in [0.2, 0.25) is 5.91 Å². The molecule has 0 bridgehead atoms. The molecule has 0 spiro atoms. The molecular formula is C9H17NO. The highest BCUT2D eigenvalue weighted by atomic mass is 16.1. The van der Waals surface area contributed by atoms with Gasteiger partial charge in [0.15, 0.2) is 0 Å². The van der Waals surface area contributed by atoms with Gasteiger partial charge in [-0.1, -0.05) is 25.5 Å². The van der Waals surface area contributed by atoms with Crippen LogP contribution >= 0.6 is 0 Å². The van der Waals surface area contributed by atoms with E-state index in [1.54, 1.807) is 0 Å². The zero-order valence-electron chi connectivity index (χ0n) is 7.61. The molecule has 1 amide bonds. The molecule has 0 saturated heterocycles. The molecule has 0 aliphatic carbocycles. The van der Waals surface area contributed by atoms with Crippen LogP contribution < -0.4 is 5.32 Å². The average Bonchev–Trinajstić information content (AvgIpc) is 1.98. The first kappa shape index (κ1) is 10.2. The number of amides is 1. The van der Waals surface area contributed by atoms with E-state index in [1.165, 1.54) is 12.5 Å². The minimum absolute atomic E-state index is 0.0350. The van der Waals surface area contributed by atoms with Gasteiger partial charge in [0, 0.05) is 13.5 Å². The molecule has 2 nitrogen and oxygen atoms in total. The van der Waals surface area contributed by atoms with Gasteiger partial charge in [0.25, 0.3) is 0 Å². The Balaban J connectivity index is 3.61. The Morgan fingerprint density at radius 2 is 1.91 bits per heavy atom. The number of allylic oxidation sites excluding steroid dienone is 1. The van der Waals surface area contributed by atoms with E-state index in [0.717, 1.165) is 12.8 Å². The van der Waals surface area contributed by atoms with Crippen molar-refractivity contribution >= 4 is 5.91 Å². The molecule has 0 aliphatic rings. The highest BCUT2D eigenvalue weighted by Gasteiger charge is 1.89. The van der Waals surface area contributed by atoms with Crippen LogP contribution in [0.2, 0.25) is 0 Å². The molecule has 0 aliphatic heterocycles. The van der Waals surface area contributed by atoms with Crippen molar-refractivity contribution in [3.8, 4) is 0 Å². The first-order chi connectivity index (χ1) is 5.20. The van der Waals surface area contributed by atoms with Gasteiger partial charge in [-0.3, -0.25) is 4.79 Å². The summed E-state index contributed by atoms with van der Waals surface area (Å²) in [6.07, 6.45) is 4.24. The SMILES string of the molecule is CCC(=CCNC(C)=O)CC. The lowest BCUT2D eigenvalue weighted by Crippen LogP contribution is -2.19. The molecule has 0 aromatic rings. The van der Waals surface area contributed by atoms with Gasteiger partial charge in [-0.15, -0.1) is 0 Å². The summed E-state index contributed by atoms with van der Waals surface area (Å²) in [5, 5.41) is 2.73. The van der Waals surface area contributed by atoms with Gasteiger partial charge in [0.1, 0.15) is 0 Å². The van der Waals surface area contributed by atoms with Gasteiger partial charge in [-0.25, -0.2) is 0 Å². The van der Waals surface area contributed by atoms with E-state index < -0.39 is 0 Å². The summed E-state index contributed by atoms with van der Waals surface area (Å²) in [5.74, 6) is 0.0350. The molecule has 0 aromatic heterocycles. The number of rotatable bonds is 4. The Morgan fingerprint density at radius 1 is 1.36 bits per heavy atom.